The molecule has 0 saturated heterocycles. The van der Waals surface area contributed by atoms with Crippen LogP contribution in [0.5, 0.6) is 0 Å². The van der Waals surface area contributed by atoms with E-state index in [4.69, 9.17) is 11.6 Å². The summed E-state index contributed by atoms with van der Waals surface area (Å²) in [6.07, 6.45) is 0. The Morgan fingerprint density at radius 2 is 2.05 bits per heavy atom. The Balaban J connectivity index is 2.12. The maximum atomic E-state index is 10.8. The van der Waals surface area contributed by atoms with Crippen LogP contribution < -0.4 is 5.32 Å². The van der Waals surface area contributed by atoms with Crippen LogP contribution in [0.2, 0.25) is 5.02 Å². The summed E-state index contributed by atoms with van der Waals surface area (Å²) < 4.78 is 0. The van der Waals surface area contributed by atoms with Crippen LogP contribution in [0.25, 0.3) is 0 Å². The number of anilines is 1. The molecular weight excluding hydrogens is 264 g/mol. The number of hydrogen-bond donors (Lipinski definition) is 1. The van der Waals surface area contributed by atoms with Crippen LogP contribution in [0.15, 0.2) is 42.5 Å². The van der Waals surface area contributed by atoms with Gasteiger partial charge in [-0.05, 0) is 36.2 Å². The largest absolute Gasteiger partial charge is 0.381 e. The third kappa shape index (κ3) is 3.45. The summed E-state index contributed by atoms with van der Waals surface area (Å²) >= 11 is 5.77. The van der Waals surface area contributed by atoms with E-state index in [-0.39, 0.29) is 10.7 Å². The molecular formula is C14H13ClN2O2. The average Bonchev–Trinajstić information content (AvgIpc) is 2.37. The average molecular weight is 277 g/mol. The summed E-state index contributed by atoms with van der Waals surface area (Å²) in [5, 5.41) is 14.2. The van der Waals surface area contributed by atoms with Gasteiger partial charge in [0.25, 0.3) is 5.69 Å². The molecule has 2 rings (SSSR count). The topological polar surface area (TPSA) is 55.2 Å². The second-order valence-corrected chi connectivity index (χ2v) is 4.67. The molecule has 0 saturated carbocycles. The zero-order valence-electron chi connectivity index (χ0n) is 10.4. The fourth-order valence-electron chi connectivity index (χ4n) is 1.77. The first kappa shape index (κ1) is 13.4. The van der Waals surface area contributed by atoms with Gasteiger partial charge in [-0.1, -0.05) is 29.8 Å². The number of hydrogen-bond acceptors (Lipinski definition) is 3. The van der Waals surface area contributed by atoms with E-state index >= 15 is 0 Å². The monoisotopic (exact) mass is 276 g/mol. The van der Waals surface area contributed by atoms with E-state index in [1.165, 1.54) is 6.07 Å². The Bertz CT molecular complexity index is 614. The Kier molecular flexibility index (Phi) is 4.02. The van der Waals surface area contributed by atoms with Crippen molar-refractivity contribution in [1.29, 1.82) is 0 Å². The van der Waals surface area contributed by atoms with Gasteiger partial charge in [0, 0.05) is 18.3 Å². The standard InChI is InChI=1S/C14H13ClN2O2/c1-10-3-2-4-12(7-10)16-9-11-5-6-13(15)14(8-11)17(18)19/h2-8,16H,9H2,1H3. The Labute approximate surface area is 116 Å². The van der Waals surface area contributed by atoms with E-state index in [0.29, 0.717) is 6.54 Å². The summed E-state index contributed by atoms with van der Waals surface area (Å²) in [6, 6.07) is 12.8. The zero-order chi connectivity index (χ0) is 13.8. The number of halogens is 1. The highest BCUT2D eigenvalue weighted by molar-refractivity contribution is 6.32. The van der Waals surface area contributed by atoms with Crippen molar-refractivity contribution in [3.8, 4) is 0 Å². The van der Waals surface area contributed by atoms with E-state index in [0.717, 1.165) is 16.8 Å². The molecule has 0 aliphatic rings. The molecule has 5 heteroatoms. The second-order valence-electron chi connectivity index (χ2n) is 4.27. The first-order valence-corrected chi connectivity index (χ1v) is 6.17. The molecule has 0 bridgehead atoms. The van der Waals surface area contributed by atoms with Gasteiger partial charge in [0.1, 0.15) is 5.02 Å². The fraction of sp³-hybridized carbons (Fsp3) is 0.143. The first-order valence-electron chi connectivity index (χ1n) is 5.79. The molecule has 0 aliphatic carbocycles. The van der Waals surface area contributed by atoms with Crippen LogP contribution in [0, 0.1) is 17.0 Å². The highest BCUT2D eigenvalue weighted by atomic mass is 35.5. The molecule has 19 heavy (non-hydrogen) atoms. The van der Waals surface area contributed by atoms with E-state index in [1.807, 2.05) is 31.2 Å². The van der Waals surface area contributed by atoms with Gasteiger partial charge in [-0.15, -0.1) is 0 Å². The molecule has 0 spiro atoms. The number of nitro groups is 1. The number of nitrogens with one attached hydrogen (secondary N) is 1. The summed E-state index contributed by atoms with van der Waals surface area (Å²) in [6.45, 7) is 2.53. The normalized spacial score (nSPS) is 10.2. The predicted molar refractivity (Wildman–Crippen MR) is 76.6 cm³/mol. The van der Waals surface area contributed by atoms with Crippen molar-refractivity contribution in [2.24, 2.45) is 0 Å². The van der Waals surface area contributed by atoms with E-state index in [2.05, 4.69) is 5.32 Å². The lowest BCUT2D eigenvalue weighted by molar-refractivity contribution is -0.384. The second kappa shape index (κ2) is 5.71. The van der Waals surface area contributed by atoms with Gasteiger partial charge in [0.2, 0.25) is 0 Å². The minimum Gasteiger partial charge on any atom is -0.381 e. The number of aryl methyl sites for hydroxylation is 1. The quantitative estimate of drug-likeness (QED) is 0.673. The first-order chi connectivity index (χ1) is 9.06. The van der Waals surface area contributed by atoms with Crippen LogP contribution in [-0.2, 0) is 6.54 Å². The van der Waals surface area contributed by atoms with E-state index < -0.39 is 4.92 Å². The van der Waals surface area contributed by atoms with Crippen LogP contribution in [0.4, 0.5) is 11.4 Å². The molecule has 0 heterocycles. The van der Waals surface area contributed by atoms with Gasteiger partial charge in [-0.25, -0.2) is 0 Å². The molecule has 2 aromatic carbocycles. The lowest BCUT2D eigenvalue weighted by atomic mass is 10.2. The van der Waals surface area contributed by atoms with Crippen molar-refractivity contribution >= 4 is 23.0 Å². The lowest BCUT2D eigenvalue weighted by Gasteiger charge is -2.07. The maximum Gasteiger partial charge on any atom is 0.288 e. The molecule has 4 nitrogen and oxygen atoms in total. The van der Waals surface area contributed by atoms with Crippen molar-refractivity contribution in [3.63, 3.8) is 0 Å². The SMILES string of the molecule is Cc1cccc(NCc2ccc(Cl)c([N+](=O)[O-])c2)c1. The number of benzene rings is 2. The summed E-state index contributed by atoms with van der Waals surface area (Å²) in [7, 11) is 0. The number of nitrogens with zero attached hydrogens (tertiary/aromatic N) is 1. The van der Waals surface area contributed by atoms with Gasteiger partial charge < -0.3 is 5.32 Å². The van der Waals surface area contributed by atoms with E-state index in [1.54, 1.807) is 12.1 Å². The molecule has 98 valence electrons. The van der Waals surface area contributed by atoms with Crippen LogP contribution in [0.3, 0.4) is 0 Å². The number of rotatable bonds is 4. The van der Waals surface area contributed by atoms with Crippen molar-refractivity contribution in [3.05, 3.63) is 68.7 Å². The van der Waals surface area contributed by atoms with Crippen LogP contribution >= 0.6 is 11.6 Å². The molecule has 0 fully saturated rings. The van der Waals surface area contributed by atoms with Gasteiger partial charge in [-0.2, -0.15) is 0 Å². The highest BCUT2D eigenvalue weighted by Gasteiger charge is 2.12. The molecule has 0 amide bonds. The lowest BCUT2D eigenvalue weighted by Crippen LogP contribution is -2.00. The van der Waals surface area contributed by atoms with Crippen LogP contribution in [0.1, 0.15) is 11.1 Å². The maximum absolute atomic E-state index is 10.8. The molecule has 0 atom stereocenters. The molecule has 0 radical (unpaired) electrons. The van der Waals surface area contributed by atoms with E-state index in [9.17, 15) is 10.1 Å². The Morgan fingerprint density at radius 3 is 2.74 bits per heavy atom. The van der Waals surface area contributed by atoms with Gasteiger partial charge in [-0.3, -0.25) is 10.1 Å². The molecule has 0 aliphatic heterocycles. The summed E-state index contributed by atoms with van der Waals surface area (Å²) in [5.41, 5.74) is 2.90. The zero-order valence-corrected chi connectivity index (χ0v) is 11.1. The predicted octanol–water partition coefficient (Wildman–Crippen LogP) is 4.17. The smallest absolute Gasteiger partial charge is 0.288 e. The minimum atomic E-state index is -0.474. The molecule has 2 aromatic rings. The summed E-state index contributed by atoms with van der Waals surface area (Å²) in [5.74, 6) is 0. The van der Waals surface area contributed by atoms with Crippen molar-refractivity contribution in [2.45, 2.75) is 13.5 Å². The van der Waals surface area contributed by atoms with Crippen molar-refractivity contribution in [1.82, 2.24) is 0 Å². The molecule has 1 N–H and O–H groups in total. The third-order valence-corrected chi connectivity index (χ3v) is 3.04. The Morgan fingerprint density at radius 1 is 1.26 bits per heavy atom. The summed E-state index contributed by atoms with van der Waals surface area (Å²) in [4.78, 5) is 10.3. The highest BCUT2D eigenvalue weighted by Crippen LogP contribution is 2.25. The van der Waals surface area contributed by atoms with Crippen LogP contribution in [-0.4, -0.2) is 4.92 Å². The minimum absolute atomic E-state index is 0.0646. The van der Waals surface area contributed by atoms with Gasteiger partial charge in [0.05, 0.1) is 4.92 Å². The van der Waals surface area contributed by atoms with Crippen molar-refractivity contribution in [2.75, 3.05) is 5.32 Å². The van der Waals surface area contributed by atoms with Gasteiger partial charge in [0.15, 0.2) is 0 Å². The number of nitro benzene ring substituents is 1. The van der Waals surface area contributed by atoms with Gasteiger partial charge >= 0.3 is 0 Å². The molecule has 0 unspecified atom stereocenters. The Hall–Kier alpha value is -2.07. The fourth-order valence-corrected chi connectivity index (χ4v) is 1.95. The van der Waals surface area contributed by atoms with Crippen molar-refractivity contribution < 1.29 is 4.92 Å². The third-order valence-electron chi connectivity index (χ3n) is 2.72. The molecule has 0 aromatic heterocycles.